The molecule has 4 aromatic rings. The molecule has 0 aliphatic heterocycles. The number of hydrogen-bond donors (Lipinski definition) is 1. The fraction of sp³-hybridized carbons (Fsp3) is 0.211. The minimum absolute atomic E-state index is 0.168. The first-order valence-corrected chi connectivity index (χ1v) is 9.30. The molecular weight excluding hydrogens is 369 g/mol. The van der Waals surface area contributed by atoms with Crippen molar-refractivity contribution in [3.63, 3.8) is 0 Å². The lowest BCUT2D eigenvalue weighted by molar-refractivity contribution is 0.418. The molecule has 0 unspecified atom stereocenters. The van der Waals surface area contributed by atoms with E-state index in [1.165, 1.54) is 13.3 Å². The van der Waals surface area contributed by atoms with Gasteiger partial charge in [-0.2, -0.15) is 4.39 Å². The largest absolute Gasteiger partial charge is 0.494 e. The highest BCUT2D eigenvalue weighted by Gasteiger charge is 2.31. The SMILES string of the molecule is COc1c(-c2cccnc2F)ccc2c(=O)c3c(=O)[nH]sc3n(C3CC3)c12. The third-order valence-corrected chi connectivity index (χ3v) is 5.79. The summed E-state index contributed by atoms with van der Waals surface area (Å²) in [6, 6.07) is 6.74. The summed E-state index contributed by atoms with van der Waals surface area (Å²) in [5.74, 6) is -0.200. The minimum atomic E-state index is -0.608. The summed E-state index contributed by atoms with van der Waals surface area (Å²) < 4.78 is 24.6. The Bertz CT molecular complexity index is 1330. The Hall–Kier alpha value is -3.00. The van der Waals surface area contributed by atoms with Crippen LogP contribution in [-0.4, -0.2) is 21.0 Å². The van der Waals surface area contributed by atoms with Crippen LogP contribution in [0, 0.1) is 5.95 Å². The van der Waals surface area contributed by atoms with E-state index < -0.39 is 5.95 Å². The summed E-state index contributed by atoms with van der Waals surface area (Å²) in [6.07, 6.45) is 3.29. The topological polar surface area (TPSA) is 77.0 Å². The maximum atomic E-state index is 14.3. The summed E-state index contributed by atoms with van der Waals surface area (Å²) in [4.78, 5) is 29.5. The molecule has 1 aliphatic rings. The zero-order valence-corrected chi connectivity index (χ0v) is 15.1. The summed E-state index contributed by atoms with van der Waals surface area (Å²) >= 11 is 1.15. The molecule has 1 N–H and O–H groups in total. The zero-order valence-electron chi connectivity index (χ0n) is 14.3. The van der Waals surface area contributed by atoms with Crippen molar-refractivity contribution in [2.24, 2.45) is 0 Å². The number of benzene rings is 1. The lowest BCUT2D eigenvalue weighted by Crippen LogP contribution is -2.16. The molecular formula is C19H14FN3O3S. The van der Waals surface area contributed by atoms with Crippen LogP contribution in [-0.2, 0) is 0 Å². The molecule has 5 rings (SSSR count). The molecule has 0 spiro atoms. The van der Waals surface area contributed by atoms with Crippen molar-refractivity contribution in [2.75, 3.05) is 7.11 Å². The summed E-state index contributed by atoms with van der Waals surface area (Å²) in [7, 11) is 1.50. The lowest BCUT2D eigenvalue weighted by atomic mass is 10.0. The van der Waals surface area contributed by atoms with E-state index in [1.54, 1.807) is 24.3 Å². The van der Waals surface area contributed by atoms with Gasteiger partial charge in [-0.15, -0.1) is 0 Å². The Morgan fingerprint density at radius 1 is 1.26 bits per heavy atom. The van der Waals surface area contributed by atoms with Crippen LogP contribution in [0.5, 0.6) is 5.75 Å². The third kappa shape index (κ3) is 2.26. The number of methoxy groups -OCH3 is 1. The van der Waals surface area contributed by atoms with Crippen molar-refractivity contribution in [2.45, 2.75) is 18.9 Å². The first kappa shape index (κ1) is 16.2. The number of nitrogens with zero attached hydrogens (tertiary/aromatic N) is 2. The highest BCUT2D eigenvalue weighted by Crippen LogP contribution is 2.44. The van der Waals surface area contributed by atoms with Crippen molar-refractivity contribution >= 4 is 32.7 Å². The quantitative estimate of drug-likeness (QED) is 0.550. The van der Waals surface area contributed by atoms with E-state index in [0.29, 0.717) is 32.6 Å². The number of H-pyrrole nitrogens is 1. The van der Waals surface area contributed by atoms with E-state index in [9.17, 15) is 14.0 Å². The predicted molar refractivity (Wildman–Crippen MR) is 102 cm³/mol. The second-order valence-corrected chi connectivity index (χ2v) is 7.32. The van der Waals surface area contributed by atoms with Gasteiger partial charge in [0.15, 0.2) is 5.75 Å². The number of hydrogen-bond acceptors (Lipinski definition) is 5. The van der Waals surface area contributed by atoms with Gasteiger partial charge in [0.05, 0.1) is 18.0 Å². The Morgan fingerprint density at radius 2 is 2.07 bits per heavy atom. The monoisotopic (exact) mass is 383 g/mol. The van der Waals surface area contributed by atoms with Crippen LogP contribution < -0.4 is 15.7 Å². The van der Waals surface area contributed by atoms with Gasteiger partial charge in [-0.3, -0.25) is 14.0 Å². The molecule has 27 heavy (non-hydrogen) atoms. The predicted octanol–water partition coefficient (Wildman–Crippen LogP) is 3.45. The fourth-order valence-electron chi connectivity index (χ4n) is 3.58. The molecule has 3 aromatic heterocycles. The number of aromatic amines is 1. The normalized spacial score (nSPS) is 14.1. The van der Waals surface area contributed by atoms with E-state index in [2.05, 4.69) is 9.36 Å². The lowest BCUT2D eigenvalue weighted by Gasteiger charge is -2.17. The minimum Gasteiger partial charge on any atom is -0.494 e. The second-order valence-electron chi connectivity index (χ2n) is 6.53. The summed E-state index contributed by atoms with van der Waals surface area (Å²) in [5, 5.41) is 0.560. The van der Waals surface area contributed by atoms with Gasteiger partial charge in [0.1, 0.15) is 10.2 Å². The molecule has 0 atom stereocenters. The maximum absolute atomic E-state index is 14.3. The highest BCUT2D eigenvalue weighted by atomic mass is 32.1. The van der Waals surface area contributed by atoms with Gasteiger partial charge in [-0.1, -0.05) is 0 Å². The van der Waals surface area contributed by atoms with Gasteiger partial charge < -0.3 is 9.30 Å². The number of aromatic nitrogens is 3. The van der Waals surface area contributed by atoms with Gasteiger partial charge in [-0.05, 0) is 48.6 Å². The molecule has 1 saturated carbocycles. The average molecular weight is 383 g/mol. The molecule has 0 saturated heterocycles. The van der Waals surface area contributed by atoms with Crippen LogP contribution in [0.1, 0.15) is 18.9 Å². The summed E-state index contributed by atoms with van der Waals surface area (Å²) in [5.41, 5.74) is 0.696. The average Bonchev–Trinajstić information content (AvgIpc) is 3.43. The van der Waals surface area contributed by atoms with Gasteiger partial charge in [0.2, 0.25) is 11.4 Å². The van der Waals surface area contributed by atoms with Crippen molar-refractivity contribution < 1.29 is 9.13 Å². The molecule has 0 amide bonds. The van der Waals surface area contributed by atoms with Crippen LogP contribution in [0.2, 0.25) is 0 Å². The van der Waals surface area contributed by atoms with Crippen LogP contribution in [0.3, 0.4) is 0 Å². The zero-order chi connectivity index (χ0) is 18.7. The van der Waals surface area contributed by atoms with E-state index in [-0.39, 0.29) is 22.4 Å². The Morgan fingerprint density at radius 3 is 2.78 bits per heavy atom. The number of halogens is 1. The van der Waals surface area contributed by atoms with Gasteiger partial charge in [0.25, 0.3) is 5.56 Å². The fourth-order valence-corrected chi connectivity index (χ4v) is 4.50. The molecule has 0 bridgehead atoms. The third-order valence-electron chi connectivity index (χ3n) is 4.91. The Labute approximate surface area is 156 Å². The smallest absolute Gasteiger partial charge is 0.271 e. The number of fused-ring (bicyclic) bond motifs is 2. The van der Waals surface area contributed by atoms with Crippen LogP contribution >= 0.6 is 11.5 Å². The summed E-state index contributed by atoms with van der Waals surface area (Å²) in [6.45, 7) is 0. The van der Waals surface area contributed by atoms with Gasteiger partial charge in [-0.25, -0.2) is 4.98 Å². The Balaban J connectivity index is 2.00. The first-order chi connectivity index (χ1) is 13.1. The second kappa shape index (κ2) is 5.75. The number of pyridine rings is 2. The standard InChI is InChI=1S/C19H14FN3O3S/c1-26-16-10(11-3-2-8-21-17(11)20)6-7-12-14(16)23(9-4-5-9)19-13(15(12)24)18(25)22-27-19/h2-3,6-9H,4-5H2,1H3,(H,22,25). The van der Waals surface area contributed by atoms with Crippen molar-refractivity contribution in [1.29, 1.82) is 0 Å². The van der Waals surface area contributed by atoms with E-state index in [0.717, 1.165) is 24.4 Å². The van der Waals surface area contributed by atoms with E-state index in [1.807, 2.05) is 4.57 Å². The van der Waals surface area contributed by atoms with Crippen molar-refractivity contribution in [3.05, 3.63) is 57.0 Å². The molecule has 136 valence electrons. The Kier molecular flexibility index (Phi) is 3.45. The highest BCUT2D eigenvalue weighted by molar-refractivity contribution is 7.12. The molecule has 1 aliphatic carbocycles. The molecule has 0 radical (unpaired) electrons. The van der Waals surface area contributed by atoms with Crippen LogP contribution in [0.25, 0.3) is 32.2 Å². The van der Waals surface area contributed by atoms with E-state index in [4.69, 9.17) is 4.74 Å². The molecule has 1 fully saturated rings. The first-order valence-electron chi connectivity index (χ1n) is 8.49. The van der Waals surface area contributed by atoms with E-state index >= 15 is 0 Å². The maximum Gasteiger partial charge on any atom is 0.271 e. The van der Waals surface area contributed by atoms with Crippen molar-refractivity contribution in [3.8, 4) is 16.9 Å². The number of nitrogens with one attached hydrogen (secondary N) is 1. The van der Waals surface area contributed by atoms with Crippen LogP contribution in [0.15, 0.2) is 40.1 Å². The molecule has 1 aromatic carbocycles. The molecule has 8 heteroatoms. The van der Waals surface area contributed by atoms with Crippen LogP contribution in [0.4, 0.5) is 4.39 Å². The molecule has 3 heterocycles. The van der Waals surface area contributed by atoms with Gasteiger partial charge >= 0.3 is 0 Å². The molecule has 6 nitrogen and oxygen atoms in total. The number of ether oxygens (including phenoxy) is 1. The van der Waals surface area contributed by atoms with Gasteiger partial charge in [0, 0.05) is 23.4 Å². The van der Waals surface area contributed by atoms with Crippen molar-refractivity contribution in [1.82, 2.24) is 13.9 Å². The number of rotatable bonds is 3.